The third-order valence-corrected chi connectivity index (χ3v) is 4.04. The Labute approximate surface area is 155 Å². The zero-order chi connectivity index (χ0) is 20.5. The van der Waals surface area contributed by atoms with Gasteiger partial charge in [-0.2, -0.15) is 18.4 Å². The molecule has 0 spiro atoms. The summed E-state index contributed by atoms with van der Waals surface area (Å²) in [6.45, 7) is 0. The fraction of sp³-hybridized carbons (Fsp3) is 0.0526. The van der Waals surface area contributed by atoms with Gasteiger partial charge >= 0.3 is 6.18 Å². The topological polar surface area (TPSA) is 99.8 Å². The minimum atomic E-state index is -4.70. The molecule has 0 atom stereocenters. The van der Waals surface area contributed by atoms with E-state index in [1.54, 1.807) is 6.07 Å². The van der Waals surface area contributed by atoms with Crippen LogP contribution in [0.4, 0.5) is 18.9 Å². The largest absolute Gasteiger partial charge is 0.417 e. The second-order valence-corrected chi connectivity index (χ2v) is 5.76. The van der Waals surface area contributed by atoms with Gasteiger partial charge in [-0.1, -0.05) is 30.3 Å². The quantitative estimate of drug-likeness (QED) is 0.530. The Balaban J connectivity index is 2.30. The first kappa shape index (κ1) is 18.8. The Kier molecular flexibility index (Phi) is 4.71. The Morgan fingerprint density at radius 2 is 1.75 bits per heavy atom. The van der Waals surface area contributed by atoms with E-state index in [0.717, 1.165) is 12.1 Å². The molecule has 1 aromatic heterocycles. The van der Waals surface area contributed by atoms with Gasteiger partial charge < -0.3 is 4.98 Å². The molecular formula is C19H10F3N3O3. The smallest absolute Gasteiger partial charge is 0.321 e. The summed E-state index contributed by atoms with van der Waals surface area (Å²) in [6.07, 6.45) is -4.70. The van der Waals surface area contributed by atoms with Crippen LogP contribution in [0.1, 0.15) is 11.1 Å². The SMILES string of the molecule is N#Cc1c(-c2ccccc2C(F)(F)F)cc(-c2cccc([N+](=O)[O-])c2)[nH]c1=O. The van der Waals surface area contributed by atoms with E-state index in [2.05, 4.69) is 4.98 Å². The van der Waals surface area contributed by atoms with Gasteiger partial charge in [0.2, 0.25) is 0 Å². The van der Waals surface area contributed by atoms with Gasteiger partial charge in [-0.15, -0.1) is 0 Å². The number of nitro groups is 1. The maximum atomic E-state index is 13.4. The highest BCUT2D eigenvalue weighted by Gasteiger charge is 2.34. The number of hydrogen-bond acceptors (Lipinski definition) is 4. The van der Waals surface area contributed by atoms with Crippen LogP contribution in [0.3, 0.4) is 0 Å². The molecule has 0 aliphatic carbocycles. The predicted molar refractivity (Wildman–Crippen MR) is 94.3 cm³/mol. The summed E-state index contributed by atoms with van der Waals surface area (Å²) < 4.78 is 40.2. The molecule has 0 saturated carbocycles. The van der Waals surface area contributed by atoms with Crippen molar-refractivity contribution in [1.29, 1.82) is 5.26 Å². The molecule has 6 nitrogen and oxygen atoms in total. The molecule has 9 heteroatoms. The number of nitrogens with one attached hydrogen (secondary N) is 1. The van der Waals surface area contributed by atoms with Crippen LogP contribution in [-0.2, 0) is 6.18 Å². The number of nitriles is 1. The lowest BCUT2D eigenvalue weighted by atomic mass is 9.95. The van der Waals surface area contributed by atoms with Crippen molar-refractivity contribution in [3.05, 3.63) is 86.2 Å². The number of pyridine rings is 1. The van der Waals surface area contributed by atoms with Crippen molar-refractivity contribution in [3.8, 4) is 28.5 Å². The van der Waals surface area contributed by atoms with E-state index in [-0.39, 0.29) is 28.1 Å². The molecule has 0 amide bonds. The van der Waals surface area contributed by atoms with Crippen LogP contribution in [-0.4, -0.2) is 9.91 Å². The summed E-state index contributed by atoms with van der Waals surface area (Å²) in [5, 5.41) is 20.3. The van der Waals surface area contributed by atoms with Crippen molar-refractivity contribution in [2.75, 3.05) is 0 Å². The number of aromatic nitrogens is 1. The Morgan fingerprint density at radius 1 is 1.04 bits per heavy atom. The molecule has 3 rings (SSSR count). The molecule has 0 unspecified atom stereocenters. The monoisotopic (exact) mass is 385 g/mol. The number of alkyl halides is 3. The van der Waals surface area contributed by atoms with E-state index in [1.165, 1.54) is 42.5 Å². The second kappa shape index (κ2) is 7.00. The molecule has 0 radical (unpaired) electrons. The number of non-ortho nitro benzene ring substituents is 1. The molecule has 140 valence electrons. The summed E-state index contributed by atoms with van der Waals surface area (Å²) in [7, 11) is 0. The summed E-state index contributed by atoms with van der Waals surface area (Å²) in [4.78, 5) is 25.0. The van der Waals surface area contributed by atoms with Crippen LogP contribution in [0.5, 0.6) is 0 Å². The number of rotatable bonds is 3. The van der Waals surface area contributed by atoms with Crippen LogP contribution in [0.15, 0.2) is 59.4 Å². The van der Waals surface area contributed by atoms with Gasteiger partial charge in [0.15, 0.2) is 0 Å². The van der Waals surface area contributed by atoms with Crippen LogP contribution in [0, 0.1) is 21.4 Å². The van der Waals surface area contributed by atoms with Crippen LogP contribution in [0.2, 0.25) is 0 Å². The van der Waals surface area contributed by atoms with Crippen LogP contribution in [0.25, 0.3) is 22.4 Å². The van der Waals surface area contributed by atoms with E-state index >= 15 is 0 Å². The van der Waals surface area contributed by atoms with Crippen molar-refractivity contribution in [2.45, 2.75) is 6.18 Å². The lowest BCUT2D eigenvalue weighted by Crippen LogP contribution is -2.14. The van der Waals surface area contributed by atoms with Gasteiger partial charge in [-0.3, -0.25) is 14.9 Å². The zero-order valence-electron chi connectivity index (χ0n) is 13.9. The van der Waals surface area contributed by atoms with Crippen molar-refractivity contribution in [1.82, 2.24) is 4.98 Å². The average Bonchev–Trinajstić information content (AvgIpc) is 2.66. The molecule has 28 heavy (non-hydrogen) atoms. The molecular weight excluding hydrogens is 375 g/mol. The normalized spacial score (nSPS) is 11.1. The Morgan fingerprint density at radius 3 is 2.39 bits per heavy atom. The number of H-pyrrole nitrogens is 1. The first-order valence-corrected chi connectivity index (χ1v) is 7.81. The van der Waals surface area contributed by atoms with Crippen LogP contribution < -0.4 is 5.56 Å². The van der Waals surface area contributed by atoms with E-state index in [4.69, 9.17) is 0 Å². The summed E-state index contributed by atoms with van der Waals surface area (Å²) in [6, 6.07) is 12.7. The summed E-state index contributed by atoms with van der Waals surface area (Å²) in [5.41, 5.74) is -2.88. The average molecular weight is 385 g/mol. The lowest BCUT2D eigenvalue weighted by Gasteiger charge is -2.14. The van der Waals surface area contributed by atoms with Crippen molar-refractivity contribution < 1.29 is 18.1 Å². The van der Waals surface area contributed by atoms with E-state index in [0.29, 0.717) is 0 Å². The number of nitrogens with zero attached hydrogens (tertiary/aromatic N) is 2. The predicted octanol–water partition coefficient (Wildman–Crippen LogP) is 4.51. The molecule has 1 heterocycles. The molecule has 3 aromatic rings. The van der Waals surface area contributed by atoms with Gasteiger partial charge in [0.25, 0.3) is 11.2 Å². The van der Waals surface area contributed by atoms with Gasteiger partial charge in [-0.05, 0) is 17.7 Å². The minimum absolute atomic E-state index is 0.0553. The third kappa shape index (κ3) is 3.48. The van der Waals surface area contributed by atoms with E-state index in [1.807, 2.05) is 0 Å². The molecule has 1 N–H and O–H groups in total. The van der Waals surface area contributed by atoms with Gasteiger partial charge in [0.05, 0.1) is 10.5 Å². The number of nitro benzene ring substituents is 1. The van der Waals surface area contributed by atoms with Gasteiger partial charge in [-0.25, -0.2) is 0 Å². The van der Waals surface area contributed by atoms with Gasteiger partial charge in [0.1, 0.15) is 11.6 Å². The number of benzene rings is 2. The Hall–Kier alpha value is -3.93. The molecule has 2 aromatic carbocycles. The van der Waals surface area contributed by atoms with Crippen LogP contribution >= 0.6 is 0 Å². The van der Waals surface area contributed by atoms with Gasteiger partial charge in [0, 0.05) is 29.0 Å². The molecule has 0 fully saturated rings. The Bertz CT molecular complexity index is 1180. The van der Waals surface area contributed by atoms with Crippen molar-refractivity contribution >= 4 is 5.69 Å². The highest BCUT2D eigenvalue weighted by Crippen LogP contribution is 2.38. The molecule has 0 saturated heterocycles. The number of hydrogen-bond donors (Lipinski definition) is 1. The fourth-order valence-electron chi connectivity index (χ4n) is 2.79. The first-order valence-electron chi connectivity index (χ1n) is 7.81. The first-order chi connectivity index (χ1) is 13.2. The highest BCUT2D eigenvalue weighted by molar-refractivity contribution is 5.78. The maximum absolute atomic E-state index is 13.4. The molecule has 0 aliphatic rings. The standard InChI is InChI=1S/C19H10F3N3O3/c20-19(21,22)16-7-2-1-6-13(16)14-9-17(24-18(26)15(14)10-23)11-4-3-5-12(8-11)25(27)28/h1-9H,(H,24,26). The highest BCUT2D eigenvalue weighted by atomic mass is 19.4. The summed E-state index contributed by atoms with van der Waals surface area (Å²) in [5.74, 6) is 0. The maximum Gasteiger partial charge on any atom is 0.417 e. The third-order valence-electron chi connectivity index (χ3n) is 4.04. The second-order valence-electron chi connectivity index (χ2n) is 5.76. The fourth-order valence-corrected chi connectivity index (χ4v) is 2.79. The van der Waals surface area contributed by atoms with E-state index < -0.39 is 27.8 Å². The summed E-state index contributed by atoms with van der Waals surface area (Å²) >= 11 is 0. The van der Waals surface area contributed by atoms with Crippen molar-refractivity contribution in [2.24, 2.45) is 0 Å². The van der Waals surface area contributed by atoms with Crippen molar-refractivity contribution in [3.63, 3.8) is 0 Å². The molecule has 0 aliphatic heterocycles. The number of aromatic amines is 1. The minimum Gasteiger partial charge on any atom is -0.321 e. The molecule has 0 bridgehead atoms. The lowest BCUT2D eigenvalue weighted by molar-refractivity contribution is -0.384. The zero-order valence-corrected chi connectivity index (χ0v) is 13.9. The van der Waals surface area contributed by atoms with E-state index in [9.17, 15) is 33.3 Å². The number of halogens is 3.